The molecule has 2 atom stereocenters. The lowest BCUT2D eigenvalue weighted by molar-refractivity contribution is -0.122. The molecule has 0 spiro atoms. The summed E-state index contributed by atoms with van der Waals surface area (Å²) in [5.41, 5.74) is 0.738. The predicted molar refractivity (Wildman–Crippen MR) is 132 cm³/mol. The number of carbonyl (C=O) groups excluding carboxylic acids is 1. The largest absolute Gasteiger partial charge is 0.478 e. The van der Waals surface area contributed by atoms with Gasteiger partial charge in [-0.15, -0.1) is 0 Å². The van der Waals surface area contributed by atoms with Crippen molar-refractivity contribution in [2.24, 2.45) is 18.9 Å². The number of hydrogen-bond acceptors (Lipinski definition) is 8. The maximum absolute atomic E-state index is 12.5. The standard InChI is InChI=1S/C23H28ClN7O3/c1-13-5-14(2)11-31(10-13)23-27-9-17(24)20(29-23)28-16-6-15-7-18(34-12-19(32)25-3)22(33)30(4)21(15)26-8-16/h6-9,13-14H,5,10-12H2,1-4H3,(H,25,32)(H,27,28,29)/t13-,14+. The Morgan fingerprint density at radius 3 is 2.65 bits per heavy atom. The fraction of sp³-hybridized carbons (Fsp3) is 0.435. The number of anilines is 3. The number of fused-ring (bicyclic) bond motifs is 1. The molecule has 3 aromatic heterocycles. The number of piperidine rings is 1. The predicted octanol–water partition coefficient (Wildman–Crippen LogP) is 2.73. The van der Waals surface area contributed by atoms with E-state index in [2.05, 4.69) is 44.3 Å². The van der Waals surface area contributed by atoms with Gasteiger partial charge in [-0.05, 0) is 30.4 Å². The van der Waals surface area contributed by atoms with Crippen LogP contribution in [0.1, 0.15) is 20.3 Å². The first-order valence-corrected chi connectivity index (χ1v) is 11.5. The third-order valence-electron chi connectivity index (χ3n) is 5.80. The lowest BCUT2D eigenvalue weighted by Crippen LogP contribution is -2.39. The number of amides is 1. The molecule has 1 amide bonds. The van der Waals surface area contributed by atoms with Crippen molar-refractivity contribution >= 4 is 46.0 Å². The molecule has 11 heteroatoms. The van der Waals surface area contributed by atoms with Gasteiger partial charge in [0.05, 0.1) is 18.1 Å². The van der Waals surface area contributed by atoms with Gasteiger partial charge in [-0.1, -0.05) is 25.4 Å². The number of hydrogen-bond donors (Lipinski definition) is 2. The van der Waals surface area contributed by atoms with Crippen LogP contribution in [0.15, 0.2) is 29.3 Å². The Morgan fingerprint density at radius 1 is 1.21 bits per heavy atom. The third-order valence-corrected chi connectivity index (χ3v) is 6.07. The van der Waals surface area contributed by atoms with Crippen molar-refractivity contribution in [3.8, 4) is 5.75 Å². The Bertz CT molecular complexity index is 1270. The van der Waals surface area contributed by atoms with Crippen molar-refractivity contribution in [2.75, 3.05) is 37.0 Å². The molecule has 4 rings (SSSR count). The van der Waals surface area contributed by atoms with Crippen LogP contribution in [-0.2, 0) is 11.8 Å². The molecule has 0 bridgehead atoms. The molecule has 2 N–H and O–H groups in total. The van der Waals surface area contributed by atoms with Gasteiger partial charge in [0.25, 0.3) is 11.5 Å². The third kappa shape index (κ3) is 5.06. The first-order chi connectivity index (χ1) is 16.2. The molecule has 1 saturated heterocycles. The highest BCUT2D eigenvalue weighted by Crippen LogP contribution is 2.29. The number of pyridine rings is 2. The van der Waals surface area contributed by atoms with Gasteiger partial charge in [0.2, 0.25) is 5.95 Å². The number of nitrogens with one attached hydrogen (secondary N) is 2. The maximum atomic E-state index is 12.5. The van der Waals surface area contributed by atoms with Crippen LogP contribution in [0.3, 0.4) is 0 Å². The van der Waals surface area contributed by atoms with Crippen molar-refractivity contribution in [3.63, 3.8) is 0 Å². The number of nitrogens with zero attached hydrogens (tertiary/aromatic N) is 5. The first kappa shape index (κ1) is 23.7. The molecule has 0 aliphatic carbocycles. The van der Waals surface area contributed by atoms with Gasteiger partial charge in [0, 0.05) is 32.6 Å². The van der Waals surface area contributed by atoms with Gasteiger partial charge in [0.15, 0.2) is 18.2 Å². The zero-order chi connectivity index (χ0) is 24.4. The molecular weight excluding hydrogens is 458 g/mol. The van der Waals surface area contributed by atoms with E-state index >= 15 is 0 Å². The minimum Gasteiger partial charge on any atom is -0.478 e. The zero-order valence-corrected chi connectivity index (χ0v) is 20.4. The number of halogens is 1. The molecule has 0 aromatic carbocycles. The Balaban J connectivity index is 1.62. The van der Waals surface area contributed by atoms with E-state index in [1.165, 1.54) is 18.0 Å². The molecule has 4 heterocycles. The van der Waals surface area contributed by atoms with Crippen molar-refractivity contribution in [1.82, 2.24) is 24.8 Å². The molecule has 180 valence electrons. The molecule has 0 radical (unpaired) electrons. The second-order valence-electron chi connectivity index (χ2n) is 8.81. The minimum absolute atomic E-state index is 0.0632. The summed E-state index contributed by atoms with van der Waals surface area (Å²) in [5, 5.41) is 6.71. The first-order valence-electron chi connectivity index (χ1n) is 11.1. The van der Waals surface area contributed by atoms with Gasteiger partial charge in [-0.3, -0.25) is 14.2 Å². The lowest BCUT2D eigenvalue weighted by atomic mass is 9.92. The van der Waals surface area contributed by atoms with E-state index in [9.17, 15) is 9.59 Å². The molecule has 1 fully saturated rings. The van der Waals surface area contributed by atoms with Crippen LogP contribution in [0.5, 0.6) is 5.75 Å². The molecule has 0 unspecified atom stereocenters. The molecule has 1 aliphatic heterocycles. The zero-order valence-electron chi connectivity index (χ0n) is 19.6. The number of likely N-dealkylation sites (N-methyl/N-ethyl adjacent to an activating group) is 1. The van der Waals surface area contributed by atoms with E-state index in [1.54, 1.807) is 25.5 Å². The summed E-state index contributed by atoms with van der Waals surface area (Å²) in [5.74, 6) is 1.97. The fourth-order valence-electron chi connectivity index (χ4n) is 4.27. The van der Waals surface area contributed by atoms with Gasteiger partial charge in [0.1, 0.15) is 10.7 Å². The van der Waals surface area contributed by atoms with Gasteiger partial charge >= 0.3 is 0 Å². The van der Waals surface area contributed by atoms with Crippen LogP contribution in [-0.4, -0.2) is 52.2 Å². The maximum Gasteiger partial charge on any atom is 0.294 e. The number of carbonyl (C=O) groups is 1. The normalized spacial score (nSPS) is 18.1. The van der Waals surface area contributed by atoms with Crippen molar-refractivity contribution in [3.05, 3.63) is 39.9 Å². The van der Waals surface area contributed by atoms with Crippen LogP contribution in [0.4, 0.5) is 17.5 Å². The van der Waals surface area contributed by atoms with E-state index in [4.69, 9.17) is 16.3 Å². The summed E-state index contributed by atoms with van der Waals surface area (Å²) in [6.45, 7) is 6.01. The van der Waals surface area contributed by atoms with Gasteiger partial charge < -0.3 is 20.3 Å². The number of rotatable bonds is 6. The van der Waals surface area contributed by atoms with E-state index < -0.39 is 0 Å². The fourth-order valence-corrected chi connectivity index (χ4v) is 4.41. The molecule has 1 aliphatic rings. The summed E-state index contributed by atoms with van der Waals surface area (Å²) < 4.78 is 6.80. The van der Waals surface area contributed by atoms with Crippen LogP contribution >= 0.6 is 11.6 Å². The average molecular weight is 486 g/mol. The Kier molecular flexibility index (Phi) is 6.87. The van der Waals surface area contributed by atoms with Gasteiger partial charge in [-0.25, -0.2) is 9.97 Å². The highest BCUT2D eigenvalue weighted by atomic mass is 35.5. The summed E-state index contributed by atoms with van der Waals surface area (Å²) in [6.07, 6.45) is 4.39. The highest BCUT2D eigenvalue weighted by Gasteiger charge is 2.24. The van der Waals surface area contributed by atoms with E-state index in [1.807, 2.05) is 6.07 Å². The monoisotopic (exact) mass is 485 g/mol. The summed E-state index contributed by atoms with van der Waals surface area (Å²) in [4.78, 5) is 39.8. The minimum atomic E-state index is -0.377. The Morgan fingerprint density at radius 2 is 1.94 bits per heavy atom. The van der Waals surface area contributed by atoms with Crippen molar-refractivity contribution in [2.45, 2.75) is 20.3 Å². The quantitative estimate of drug-likeness (QED) is 0.547. The molecule has 0 saturated carbocycles. The summed E-state index contributed by atoms with van der Waals surface area (Å²) in [6, 6.07) is 3.39. The van der Waals surface area contributed by atoms with Crippen LogP contribution < -0.4 is 25.8 Å². The number of aromatic nitrogens is 4. The number of ether oxygens (including phenoxy) is 1. The molecule has 10 nitrogen and oxygen atoms in total. The van der Waals surface area contributed by atoms with E-state index in [0.29, 0.717) is 45.3 Å². The Hall–Kier alpha value is -3.40. The van der Waals surface area contributed by atoms with Crippen LogP contribution in [0.2, 0.25) is 5.02 Å². The Labute approximate surface area is 202 Å². The van der Waals surface area contributed by atoms with Gasteiger partial charge in [-0.2, -0.15) is 4.98 Å². The topological polar surface area (TPSA) is 114 Å². The molecule has 34 heavy (non-hydrogen) atoms. The van der Waals surface area contributed by atoms with Crippen molar-refractivity contribution < 1.29 is 9.53 Å². The van der Waals surface area contributed by atoms with E-state index in [-0.39, 0.29) is 23.8 Å². The van der Waals surface area contributed by atoms with Crippen LogP contribution in [0.25, 0.3) is 11.0 Å². The van der Waals surface area contributed by atoms with Crippen LogP contribution in [0, 0.1) is 11.8 Å². The van der Waals surface area contributed by atoms with E-state index in [0.717, 1.165) is 13.1 Å². The molecular formula is C23H28ClN7O3. The summed E-state index contributed by atoms with van der Waals surface area (Å²) >= 11 is 6.39. The average Bonchev–Trinajstić information content (AvgIpc) is 2.81. The number of aryl methyl sites for hydroxylation is 1. The molecule has 3 aromatic rings. The SMILES string of the molecule is CNC(=O)COc1cc2cc(Nc3nc(N4C[C@H](C)C[C@H](C)C4)ncc3Cl)cnc2n(C)c1=O. The second kappa shape index (κ2) is 9.84. The second-order valence-corrected chi connectivity index (χ2v) is 9.22. The van der Waals surface area contributed by atoms with Crippen molar-refractivity contribution in [1.29, 1.82) is 0 Å². The summed E-state index contributed by atoms with van der Waals surface area (Å²) in [7, 11) is 3.11. The lowest BCUT2D eigenvalue weighted by Gasteiger charge is -2.35. The highest BCUT2D eigenvalue weighted by molar-refractivity contribution is 6.32. The smallest absolute Gasteiger partial charge is 0.294 e.